The predicted octanol–water partition coefficient (Wildman–Crippen LogP) is 4.08. The summed E-state index contributed by atoms with van der Waals surface area (Å²) in [6, 6.07) is 12.2. The van der Waals surface area contributed by atoms with Crippen molar-refractivity contribution < 1.29 is 22.6 Å². The van der Waals surface area contributed by atoms with Crippen molar-refractivity contribution in [2.75, 3.05) is 37.6 Å². The van der Waals surface area contributed by atoms with Crippen molar-refractivity contribution in [3.63, 3.8) is 0 Å². The van der Waals surface area contributed by atoms with Gasteiger partial charge in [-0.05, 0) is 24.3 Å². The number of benzene rings is 2. The largest absolute Gasteiger partial charge is 0.497 e. The maximum Gasteiger partial charge on any atom is 0.229 e. The van der Waals surface area contributed by atoms with E-state index in [0.717, 1.165) is 17.2 Å². The number of nitrogens with zero attached hydrogens (tertiary/aromatic N) is 3. The molecule has 4 aromatic rings. The minimum absolute atomic E-state index is 0.302. The van der Waals surface area contributed by atoms with E-state index in [1.807, 2.05) is 18.2 Å². The van der Waals surface area contributed by atoms with Gasteiger partial charge in [0.2, 0.25) is 10.0 Å². The first-order chi connectivity index (χ1) is 16.7. The third kappa shape index (κ3) is 5.36. The lowest BCUT2D eigenvalue weighted by Gasteiger charge is -2.12. The van der Waals surface area contributed by atoms with Crippen LogP contribution in [0.1, 0.15) is 5.56 Å². The Bertz CT molecular complexity index is 1490. The molecule has 2 N–H and O–H groups in total. The van der Waals surface area contributed by atoms with Gasteiger partial charge in [0, 0.05) is 36.5 Å². The minimum Gasteiger partial charge on any atom is -0.497 e. The molecular weight excluding hydrogens is 494 g/mol. The molecule has 4 rings (SSSR count). The summed E-state index contributed by atoms with van der Waals surface area (Å²) >= 11 is 6.19. The normalized spacial score (nSPS) is 11.3. The Hall–Kier alpha value is -3.70. The van der Waals surface area contributed by atoms with Gasteiger partial charge in [-0.15, -0.1) is 5.10 Å². The molecule has 12 heteroatoms. The van der Waals surface area contributed by atoms with Crippen molar-refractivity contribution in [3.8, 4) is 22.9 Å². The lowest BCUT2D eigenvalue weighted by molar-refractivity contribution is 0.391. The van der Waals surface area contributed by atoms with Gasteiger partial charge in [0.15, 0.2) is 5.82 Å². The van der Waals surface area contributed by atoms with Crippen LogP contribution in [0.4, 0.5) is 11.5 Å². The zero-order chi connectivity index (χ0) is 25.2. The lowest BCUT2D eigenvalue weighted by Crippen LogP contribution is -2.10. The van der Waals surface area contributed by atoms with Gasteiger partial charge < -0.3 is 19.5 Å². The second kappa shape index (κ2) is 9.88. The van der Waals surface area contributed by atoms with E-state index in [4.69, 9.17) is 30.9 Å². The summed E-state index contributed by atoms with van der Waals surface area (Å²) in [6.45, 7) is 0.427. The fraction of sp³-hybridized carbons (Fsp3) is 0.217. The number of hydrogen-bond acceptors (Lipinski definition) is 8. The van der Waals surface area contributed by atoms with Gasteiger partial charge in [-0.25, -0.2) is 18.1 Å². The van der Waals surface area contributed by atoms with Crippen LogP contribution in [0.25, 0.3) is 16.6 Å². The van der Waals surface area contributed by atoms with Crippen LogP contribution in [0.3, 0.4) is 0 Å². The molecule has 2 aromatic heterocycles. The highest BCUT2D eigenvalue weighted by Gasteiger charge is 2.17. The quantitative estimate of drug-likeness (QED) is 0.319. The number of methoxy groups -OCH3 is 3. The molecule has 0 atom stereocenters. The molecule has 0 aliphatic heterocycles. The predicted molar refractivity (Wildman–Crippen MR) is 136 cm³/mol. The molecule has 0 radical (unpaired) electrons. The van der Waals surface area contributed by atoms with Gasteiger partial charge in [-0.2, -0.15) is 0 Å². The van der Waals surface area contributed by atoms with E-state index in [0.29, 0.717) is 51.7 Å². The number of sulfonamides is 1. The SMILES string of the molecule is COc1ccc(CNc2nn(-c3ccc(NS(C)(=O)=O)cc3OC)c3cc(Cl)ncc23)c(OC)c1. The number of aromatic nitrogens is 3. The molecule has 0 unspecified atom stereocenters. The van der Waals surface area contributed by atoms with Crippen LogP contribution < -0.4 is 24.2 Å². The van der Waals surface area contributed by atoms with E-state index in [1.54, 1.807) is 49.4 Å². The van der Waals surface area contributed by atoms with Crippen LogP contribution in [-0.2, 0) is 16.6 Å². The molecule has 0 fully saturated rings. The Labute approximate surface area is 207 Å². The highest BCUT2D eigenvalue weighted by Crippen LogP contribution is 2.33. The molecule has 2 heterocycles. The van der Waals surface area contributed by atoms with Crippen LogP contribution in [-0.4, -0.2) is 50.8 Å². The van der Waals surface area contributed by atoms with Crippen LogP contribution in [0.15, 0.2) is 48.7 Å². The Morgan fingerprint density at radius 2 is 1.77 bits per heavy atom. The van der Waals surface area contributed by atoms with Gasteiger partial charge >= 0.3 is 0 Å². The van der Waals surface area contributed by atoms with Gasteiger partial charge in [-0.3, -0.25) is 4.72 Å². The third-order valence-corrected chi connectivity index (χ3v) is 6.00. The zero-order valence-electron chi connectivity index (χ0n) is 19.5. The van der Waals surface area contributed by atoms with Crippen LogP contribution >= 0.6 is 11.6 Å². The van der Waals surface area contributed by atoms with Crippen LogP contribution in [0.2, 0.25) is 5.15 Å². The lowest BCUT2D eigenvalue weighted by atomic mass is 10.2. The standard InChI is InChI=1S/C23H24ClN5O5S/c1-32-16-7-5-14(20(10-16)33-2)12-26-23-17-13-25-22(24)11-19(17)29(27-23)18-8-6-15(9-21(18)34-3)28-35(4,30)31/h5-11,13,28H,12H2,1-4H3,(H,26,27). The second-order valence-electron chi connectivity index (χ2n) is 7.58. The topological polar surface area (TPSA) is 117 Å². The molecule has 0 aliphatic carbocycles. The molecule has 0 saturated carbocycles. The molecule has 35 heavy (non-hydrogen) atoms. The summed E-state index contributed by atoms with van der Waals surface area (Å²) in [7, 11) is 1.26. The van der Waals surface area contributed by atoms with E-state index >= 15 is 0 Å². The first-order valence-electron chi connectivity index (χ1n) is 10.4. The van der Waals surface area contributed by atoms with Crippen molar-refractivity contribution >= 4 is 44.0 Å². The van der Waals surface area contributed by atoms with Crippen molar-refractivity contribution in [1.29, 1.82) is 0 Å². The third-order valence-electron chi connectivity index (χ3n) is 5.18. The average Bonchev–Trinajstić information content (AvgIpc) is 3.18. The Morgan fingerprint density at radius 1 is 1.00 bits per heavy atom. The van der Waals surface area contributed by atoms with Crippen molar-refractivity contribution in [2.45, 2.75) is 6.54 Å². The summed E-state index contributed by atoms with van der Waals surface area (Å²) in [6.07, 6.45) is 2.72. The van der Waals surface area contributed by atoms with Crippen molar-refractivity contribution in [1.82, 2.24) is 14.8 Å². The van der Waals surface area contributed by atoms with E-state index in [1.165, 1.54) is 7.11 Å². The minimum atomic E-state index is -3.44. The Morgan fingerprint density at radius 3 is 2.46 bits per heavy atom. The summed E-state index contributed by atoms with van der Waals surface area (Å²) in [4.78, 5) is 4.21. The monoisotopic (exact) mass is 517 g/mol. The zero-order valence-corrected chi connectivity index (χ0v) is 21.1. The molecule has 0 saturated heterocycles. The maximum absolute atomic E-state index is 11.6. The first kappa shape index (κ1) is 24.4. The summed E-state index contributed by atoms with van der Waals surface area (Å²) in [5.74, 6) is 2.36. The van der Waals surface area contributed by atoms with Crippen molar-refractivity contribution in [2.24, 2.45) is 0 Å². The highest BCUT2D eigenvalue weighted by molar-refractivity contribution is 7.92. The molecular formula is C23H24ClN5O5S. The number of anilines is 2. The summed E-state index contributed by atoms with van der Waals surface area (Å²) < 4.78 is 43.6. The fourth-order valence-corrected chi connectivity index (χ4v) is 4.31. The molecule has 184 valence electrons. The summed E-state index contributed by atoms with van der Waals surface area (Å²) in [5, 5.41) is 9.12. The van der Waals surface area contributed by atoms with E-state index in [9.17, 15) is 8.42 Å². The average molecular weight is 518 g/mol. The molecule has 2 aromatic carbocycles. The number of ether oxygens (including phenoxy) is 3. The van der Waals surface area contributed by atoms with E-state index < -0.39 is 10.0 Å². The maximum atomic E-state index is 11.6. The number of pyridine rings is 1. The number of halogens is 1. The van der Waals surface area contributed by atoms with Gasteiger partial charge in [0.1, 0.15) is 28.1 Å². The summed E-state index contributed by atoms with van der Waals surface area (Å²) in [5.41, 5.74) is 2.56. The van der Waals surface area contributed by atoms with E-state index in [-0.39, 0.29) is 0 Å². The number of rotatable bonds is 9. The highest BCUT2D eigenvalue weighted by atomic mass is 35.5. The van der Waals surface area contributed by atoms with Crippen LogP contribution in [0, 0.1) is 0 Å². The smallest absolute Gasteiger partial charge is 0.229 e. The van der Waals surface area contributed by atoms with Crippen molar-refractivity contribution in [3.05, 3.63) is 59.4 Å². The fourth-order valence-electron chi connectivity index (χ4n) is 3.61. The number of hydrogen-bond donors (Lipinski definition) is 2. The molecule has 0 aliphatic rings. The molecule has 0 spiro atoms. The number of nitrogens with one attached hydrogen (secondary N) is 2. The second-order valence-corrected chi connectivity index (χ2v) is 9.71. The van der Waals surface area contributed by atoms with Crippen LogP contribution in [0.5, 0.6) is 17.2 Å². The molecule has 10 nitrogen and oxygen atoms in total. The first-order valence-corrected chi connectivity index (χ1v) is 12.6. The Kier molecular flexibility index (Phi) is 6.90. The van der Waals surface area contributed by atoms with Gasteiger partial charge in [-0.1, -0.05) is 11.6 Å². The molecule has 0 bridgehead atoms. The van der Waals surface area contributed by atoms with Gasteiger partial charge in [0.25, 0.3) is 0 Å². The van der Waals surface area contributed by atoms with E-state index in [2.05, 4.69) is 15.0 Å². The molecule has 0 amide bonds. The number of fused-ring (bicyclic) bond motifs is 1. The Balaban J connectivity index is 1.74. The van der Waals surface area contributed by atoms with Gasteiger partial charge in [0.05, 0.1) is 44.2 Å².